The Bertz CT molecular complexity index is 5680. The maximum absolute atomic E-state index is 12.5. The van der Waals surface area contributed by atoms with Crippen molar-refractivity contribution < 1.29 is 81.9 Å². The lowest BCUT2D eigenvalue weighted by molar-refractivity contribution is -0.0295. The second-order valence-electron chi connectivity index (χ2n) is 27.8. The normalized spacial score (nSPS) is 10.6. The van der Waals surface area contributed by atoms with Crippen molar-refractivity contribution in [1.29, 1.82) is 5.26 Å². The van der Waals surface area contributed by atoms with E-state index in [9.17, 15) is 52.7 Å². The molecule has 0 fully saturated rings. The van der Waals surface area contributed by atoms with Crippen molar-refractivity contribution >= 4 is 69.1 Å². The first-order chi connectivity index (χ1) is 58.1. The number of amides is 1. The molecule has 0 saturated heterocycles. The van der Waals surface area contributed by atoms with Gasteiger partial charge in [0.05, 0.1) is 11.9 Å². The average Bonchev–Trinajstić information content (AvgIpc) is 1.66. The van der Waals surface area contributed by atoms with Gasteiger partial charge in [0.1, 0.15) is 59.2 Å². The summed E-state index contributed by atoms with van der Waals surface area (Å²) in [4.78, 5) is 144. The van der Waals surface area contributed by atoms with Crippen LogP contribution in [0, 0.1) is 11.5 Å². The van der Waals surface area contributed by atoms with Gasteiger partial charge >= 0.3 is 51.4 Å². The van der Waals surface area contributed by atoms with E-state index >= 15 is 0 Å². The molecule has 628 valence electrons. The number of ether oxygens (including phenoxy) is 4. The number of aromatic carboxylic acids is 2. The summed E-state index contributed by atoms with van der Waals surface area (Å²) in [5.41, 5.74) is 7.62. The highest BCUT2D eigenvalue weighted by Gasteiger charge is 2.28. The topological polar surface area (TPSA) is 486 Å². The summed E-state index contributed by atoms with van der Waals surface area (Å²) < 4.78 is 40.0. The maximum Gasteiger partial charge on any atom is 0.519 e. The Morgan fingerprint density at radius 2 is 0.795 bits per heavy atom. The van der Waals surface area contributed by atoms with E-state index in [1.165, 1.54) is 83.6 Å². The van der Waals surface area contributed by atoms with Crippen molar-refractivity contribution in [2.45, 2.75) is 99.8 Å². The SMILES string of the molecule is CB(O)n1cc(-c2ccncc2)cc1C(=O)n1ccnc1.CC.CC(C)(C)OC(=O)OC(=O)OC(C)(C)C.CC(C)(C)OC(=O)n1cc(-c2ccncc2)cc1C(=O)NC#N.C[P+](=O)n1cc(-c2ccncc2)cc1C(=O)O.O=C(O)c1cc(-c2ccncc2)c[nH]1.O=C(c1cc(-c2ccncc2)c[nH]1)n1ccnc1.O=C(n1ccnc1)n1ccnc1. The van der Waals surface area contributed by atoms with Crippen LogP contribution in [0.2, 0.25) is 6.82 Å². The number of nitriles is 1. The van der Waals surface area contributed by atoms with Crippen molar-refractivity contribution in [1.82, 2.24) is 91.8 Å². The Morgan fingerprint density at radius 1 is 0.443 bits per heavy atom. The Kier molecular flexibility index (Phi) is 34.1. The first kappa shape index (κ1) is 93.4. The number of nitrogens with zero attached hydrogens (tertiary/aromatic N) is 17. The highest BCUT2D eigenvalue weighted by molar-refractivity contribution is 7.42. The van der Waals surface area contributed by atoms with E-state index in [2.05, 4.69) is 59.6 Å². The number of imidazole rings is 4. The highest BCUT2D eigenvalue weighted by atomic mass is 31.1. The largest absolute Gasteiger partial charge is 0.519 e. The summed E-state index contributed by atoms with van der Waals surface area (Å²) in [7, 11) is -2.55. The van der Waals surface area contributed by atoms with Crippen LogP contribution >= 0.6 is 7.95 Å². The zero-order valence-electron chi connectivity index (χ0n) is 68.4. The zero-order chi connectivity index (χ0) is 89.3. The molecule has 1 amide bonds. The van der Waals surface area contributed by atoms with Crippen LogP contribution in [0.25, 0.3) is 55.6 Å². The van der Waals surface area contributed by atoms with Crippen LogP contribution in [0.1, 0.15) is 129 Å². The lowest BCUT2D eigenvalue weighted by atomic mass is 9.88. The van der Waals surface area contributed by atoms with Crippen molar-refractivity contribution in [3.63, 3.8) is 0 Å². The first-order valence-electron chi connectivity index (χ1n) is 36.8. The number of carboxylic acids is 2. The molecular formula is C83H87BN20O17P+. The van der Waals surface area contributed by atoms with Gasteiger partial charge in [0.15, 0.2) is 18.6 Å². The van der Waals surface area contributed by atoms with Crippen molar-refractivity contribution in [2.24, 2.45) is 0 Å². The fourth-order valence-electron chi connectivity index (χ4n) is 10.1. The van der Waals surface area contributed by atoms with Gasteiger partial charge in [0.2, 0.25) is 0 Å². The minimum atomic E-state index is -1.75. The molecule has 14 rings (SSSR count). The molecule has 14 aromatic rings. The van der Waals surface area contributed by atoms with E-state index < -0.39 is 68.1 Å². The second-order valence-corrected chi connectivity index (χ2v) is 29.2. The minimum Gasteiger partial charge on any atom is -0.477 e. The lowest BCUT2D eigenvalue weighted by Gasteiger charge is -2.20. The molecule has 0 spiro atoms. The number of hydrogen-bond donors (Lipinski definition) is 6. The fraction of sp³-hybridized carbons (Fsp3) is 0.193. The van der Waals surface area contributed by atoms with E-state index in [0.717, 1.165) is 54.6 Å². The monoisotopic (exact) mass is 1680 g/mol. The number of nitrogens with one attached hydrogen (secondary N) is 3. The number of aromatic nitrogens is 18. The Balaban J connectivity index is 0.000000197. The number of carbonyl (C=O) groups is 9. The maximum atomic E-state index is 12.5. The molecule has 0 aromatic carbocycles. The predicted octanol–water partition coefficient (Wildman–Crippen LogP) is 14.6. The summed E-state index contributed by atoms with van der Waals surface area (Å²) in [6.45, 7) is 22.3. The number of carbonyl (C=O) groups excluding carboxylic acids is 7. The van der Waals surface area contributed by atoms with Crippen molar-refractivity contribution in [3.05, 3.63) is 287 Å². The predicted molar refractivity (Wildman–Crippen MR) is 447 cm³/mol. The Labute approximate surface area is 700 Å². The van der Waals surface area contributed by atoms with Gasteiger partial charge in [-0.25, -0.2) is 53.3 Å². The van der Waals surface area contributed by atoms with Gasteiger partial charge in [-0.3, -0.25) is 62.9 Å². The van der Waals surface area contributed by atoms with Gasteiger partial charge in [-0.15, -0.1) is 4.34 Å². The molecule has 1 atom stereocenters. The molecule has 0 radical (unpaired) electrons. The molecule has 37 nitrogen and oxygen atoms in total. The highest BCUT2D eigenvalue weighted by Crippen LogP contribution is 2.31. The van der Waals surface area contributed by atoms with Crippen LogP contribution in [-0.2, 0) is 23.5 Å². The number of hydrogen-bond acceptors (Lipinski definition) is 25. The van der Waals surface area contributed by atoms with E-state index in [0.29, 0.717) is 17.0 Å². The van der Waals surface area contributed by atoms with Crippen LogP contribution in [0.5, 0.6) is 0 Å². The van der Waals surface area contributed by atoms with Crippen molar-refractivity contribution in [2.75, 3.05) is 6.66 Å². The van der Waals surface area contributed by atoms with Crippen LogP contribution in [0.4, 0.5) is 19.2 Å². The average molecular weight is 1680 g/mol. The van der Waals surface area contributed by atoms with E-state index in [-0.39, 0.29) is 34.9 Å². The van der Waals surface area contributed by atoms with Gasteiger partial charge in [-0.2, -0.15) is 5.26 Å². The van der Waals surface area contributed by atoms with Gasteiger partial charge < -0.3 is 48.6 Å². The third kappa shape index (κ3) is 28.8. The van der Waals surface area contributed by atoms with Gasteiger partial charge in [0, 0.05) is 159 Å². The van der Waals surface area contributed by atoms with Gasteiger partial charge in [-0.1, -0.05) is 13.8 Å². The number of pyridine rings is 5. The number of H-pyrrole nitrogens is 2. The van der Waals surface area contributed by atoms with E-state index in [1.54, 1.807) is 242 Å². The molecule has 0 aliphatic heterocycles. The molecule has 14 heterocycles. The number of aromatic amines is 2. The summed E-state index contributed by atoms with van der Waals surface area (Å²) in [5.74, 6) is -3.10. The van der Waals surface area contributed by atoms with Crippen LogP contribution in [0.15, 0.2) is 259 Å². The van der Waals surface area contributed by atoms with Crippen LogP contribution in [0.3, 0.4) is 0 Å². The Morgan fingerprint density at radius 3 is 1.14 bits per heavy atom. The van der Waals surface area contributed by atoms with E-state index in [1.807, 2.05) is 61.6 Å². The summed E-state index contributed by atoms with van der Waals surface area (Å²) in [5, 5.41) is 38.2. The molecule has 0 bridgehead atoms. The molecule has 0 aliphatic carbocycles. The molecule has 6 N–H and O–H groups in total. The molecule has 122 heavy (non-hydrogen) atoms. The second kappa shape index (κ2) is 44.5. The number of carboxylic acid groups (broad SMARTS) is 2. The summed E-state index contributed by atoms with van der Waals surface area (Å²) >= 11 is 0. The lowest BCUT2D eigenvalue weighted by Crippen LogP contribution is -2.30. The molecular weight excluding hydrogens is 1590 g/mol. The van der Waals surface area contributed by atoms with E-state index in [4.69, 9.17) is 29.7 Å². The third-order valence-corrected chi connectivity index (χ3v) is 16.3. The smallest absolute Gasteiger partial charge is 0.477 e. The van der Waals surface area contributed by atoms with Crippen LogP contribution < -0.4 is 5.32 Å². The molecule has 0 saturated carbocycles. The van der Waals surface area contributed by atoms with Gasteiger partial charge in [-0.05, 0) is 198 Å². The first-order valence-corrected chi connectivity index (χ1v) is 38.5. The minimum absolute atomic E-state index is 0.0209. The third-order valence-electron chi connectivity index (χ3n) is 15.4. The molecule has 0 aliphatic rings. The summed E-state index contributed by atoms with van der Waals surface area (Å²) in [6, 6.07) is 26.2. The van der Waals surface area contributed by atoms with Gasteiger partial charge in [0.25, 0.3) is 17.7 Å². The summed E-state index contributed by atoms with van der Waals surface area (Å²) in [6.07, 6.45) is 42.1. The zero-order valence-corrected chi connectivity index (χ0v) is 69.3. The quantitative estimate of drug-likeness (QED) is 0.0126. The fourth-order valence-corrected chi connectivity index (χ4v) is 10.8. The number of rotatable bonds is 12. The van der Waals surface area contributed by atoms with Crippen molar-refractivity contribution in [3.8, 4) is 61.8 Å². The molecule has 39 heteroatoms. The Hall–Kier alpha value is -15.8. The van der Waals surface area contributed by atoms with Crippen LogP contribution in [-0.4, -0.2) is 186 Å². The molecule has 1 unspecified atom stereocenters. The standard InChI is InChI=1S/C16H16N4O3.C14H13BN4O2.C13H10N4O.C11H9N2O3P.C10H8N2O2.C10H18O5.C7H6N4O.C2H6/c1-16(2,3)23-15(22)20-9-12(11-4-6-18-7-5-11)8-13(20)14(21)19-10-17;1-15(21)19-9-12(11-2-4-16-5-3-11)8-13(19)14(20)18-7-6-17-10-18;18-13(17-6-5-15-9-17)12-7-11(8-16-12)10-1-3-14-4-2-10;1-17(16)13-7-9(6-10(13)11(14)15)8-2-4-12-5-3-8;13-10(14)9-5-8(6-12-9)7-1-3-11-4-2-7;1-9(2,3)14-7(11)13-8(12)15-10(4,5)6;12-7(10-3-1-8-5-10)11-4-2-9-6-11;1-2/h4-9H,1-3H3,(H,19,21);2-10,21H,1H3;1-9,16H;2-7H,1H3;1-6,12H,(H,13,14);1-6H3;1-6H;1-2H3/p+1. The molecule has 14 aromatic heterocycles.